The van der Waals surface area contributed by atoms with E-state index in [0.29, 0.717) is 5.56 Å². The summed E-state index contributed by atoms with van der Waals surface area (Å²) >= 11 is 1.52. The lowest BCUT2D eigenvalue weighted by Gasteiger charge is -2.25. The first kappa shape index (κ1) is 19.3. The third kappa shape index (κ3) is 2.27. The van der Waals surface area contributed by atoms with Crippen molar-refractivity contribution in [3.8, 4) is 5.13 Å². The van der Waals surface area contributed by atoms with E-state index in [4.69, 9.17) is 5.73 Å². The molecule has 2 aromatic heterocycles. The molecule has 3 atom stereocenters. The minimum Gasteiger partial charge on any atom is -0.395 e. The molecule has 2 aliphatic rings. The zero-order valence-electron chi connectivity index (χ0n) is 16.2. The van der Waals surface area contributed by atoms with Crippen LogP contribution in [0.5, 0.6) is 0 Å². The molecule has 0 bridgehead atoms. The Labute approximate surface area is 175 Å². The largest absolute Gasteiger partial charge is 0.395 e. The number of amides is 1. The zero-order valence-corrected chi connectivity index (χ0v) is 17.0. The summed E-state index contributed by atoms with van der Waals surface area (Å²) in [7, 11) is 0. The summed E-state index contributed by atoms with van der Waals surface area (Å²) in [6, 6.07) is 6.87. The van der Waals surface area contributed by atoms with E-state index in [9.17, 15) is 18.7 Å². The highest BCUT2D eigenvalue weighted by molar-refractivity contribution is 7.12. The maximum Gasteiger partial charge on any atom is 0.273 e. The van der Waals surface area contributed by atoms with Crippen LogP contribution in [0.1, 0.15) is 41.6 Å². The van der Waals surface area contributed by atoms with Gasteiger partial charge in [0, 0.05) is 22.6 Å². The van der Waals surface area contributed by atoms with Gasteiger partial charge in [0.05, 0.1) is 24.4 Å². The van der Waals surface area contributed by atoms with E-state index >= 15 is 0 Å². The van der Waals surface area contributed by atoms with Crippen molar-refractivity contribution in [2.24, 2.45) is 11.1 Å². The first-order valence-electron chi connectivity index (χ1n) is 9.63. The molecule has 156 valence electrons. The van der Waals surface area contributed by atoms with Crippen molar-refractivity contribution in [1.29, 1.82) is 0 Å². The molecule has 2 aliphatic carbocycles. The van der Waals surface area contributed by atoms with Crippen molar-refractivity contribution < 1.29 is 18.7 Å². The Kier molecular flexibility index (Phi) is 3.98. The lowest BCUT2D eigenvalue weighted by molar-refractivity contribution is -0.128. The molecule has 1 amide bonds. The molecular weight excluding hydrogens is 410 g/mol. The average molecular weight is 430 g/mol. The summed E-state index contributed by atoms with van der Waals surface area (Å²) in [6.07, 6.45) is 5.30. The van der Waals surface area contributed by atoms with E-state index in [1.165, 1.54) is 11.3 Å². The van der Waals surface area contributed by atoms with Crippen LogP contribution in [-0.4, -0.2) is 38.3 Å². The molecule has 9 heteroatoms. The fourth-order valence-corrected chi connectivity index (χ4v) is 5.56. The highest BCUT2D eigenvalue weighted by Gasteiger charge is 2.84. The van der Waals surface area contributed by atoms with Gasteiger partial charge in [-0.2, -0.15) is 5.10 Å². The molecule has 0 spiro atoms. The summed E-state index contributed by atoms with van der Waals surface area (Å²) in [5.74, 6) is -5.93. The Balaban J connectivity index is 1.48. The van der Waals surface area contributed by atoms with Gasteiger partial charge in [-0.25, -0.2) is 18.4 Å². The second-order valence-electron chi connectivity index (χ2n) is 8.24. The number of aliphatic hydroxyl groups excluding tert-OH is 1. The van der Waals surface area contributed by atoms with Gasteiger partial charge >= 0.3 is 0 Å². The van der Waals surface area contributed by atoms with Crippen LogP contribution < -0.4 is 5.73 Å². The van der Waals surface area contributed by atoms with Crippen molar-refractivity contribution in [2.45, 2.75) is 37.0 Å². The summed E-state index contributed by atoms with van der Waals surface area (Å²) in [5, 5.41) is 16.7. The molecule has 0 radical (unpaired) electrons. The number of primary amides is 1. The quantitative estimate of drug-likeness (QED) is 0.651. The molecule has 6 nitrogen and oxygen atoms in total. The molecule has 0 saturated heterocycles. The summed E-state index contributed by atoms with van der Waals surface area (Å²) in [4.78, 5) is 16.0. The molecule has 1 fully saturated rings. The number of benzene rings is 1. The molecule has 3 aromatic rings. The van der Waals surface area contributed by atoms with Crippen LogP contribution in [0.4, 0.5) is 8.78 Å². The number of nitrogens with zero attached hydrogens (tertiary/aromatic N) is 3. The highest BCUT2D eigenvalue weighted by atomic mass is 32.1. The number of nitrogens with two attached hydrogens (primary N) is 1. The minimum atomic E-state index is -3.35. The number of halogens is 2. The molecule has 1 saturated carbocycles. The predicted octanol–water partition coefficient (Wildman–Crippen LogP) is 2.78. The average Bonchev–Trinajstić information content (AvgIpc) is 3.26. The van der Waals surface area contributed by atoms with Gasteiger partial charge in [-0.05, 0) is 24.0 Å². The van der Waals surface area contributed by atoms with Gasteiger partial charge in [-0.3, -0.25) is 4.79 Å². The van der Waals surface area contributed by atoms with Crippen LogP contribution in [0.3, 0.4) is 0 Å². The molecule has 5 rings (SSSR count). The van der Waals surface area contributed by atoms with Crippen molar-refractivity contribution in [3.63, 3.8) is 0 Å². The molecule has 3 N–H and O–H groups in total. The Morgan fingerprint density at radius 2 is 2.10 bits per heavy atom. The SMILES string of the molecule is CC1(c2ccc(C3C(F)(F)C3(CO)C(N)=O)cc2)CCc2c1cnn2-c1nccs1. The standard InChI is InChI=1S/C21H20F2N4O2S/c1-19(7-6-15-14(19)10-26-27(15)18-25-8-9-30-18)13-4-2-12(3-5-13)16-20(11-28,17(24)29)21(16,22)23/h2-5,8-10,16,28H,6-7,11H2,1H3,(H2,24,29). The van der Waals surface area contributed by atoms with Crippen molar-refractivity contribution >= 4 is 17.2 Å². The fraction of sp³-hybridized carbons (Fsp3) is 0.381. The first-order chi connectivity index (χ1) is 14.3. The number of hydrogen-bond acceptors (Lipinski definition) is 5. The van der Waals surface area contributed by atoms with E-state index in [-0.39, 0.29) is 5.41 Å². The van der Waals surface area contributed by atoms with Crippen molar-refractivity contribution in [2.75, 3.05) is 6.61 Å². The minimum absolute atomic E-state index is 0.298. The summed E-state index contributed by atoms with van der Waals surface area (Å²) < 4.78 is 30.6. The number of carbonyl (C=O) groups excluding carboxylic acids is 1. The first-order valence-corrected chi connectivity index (χ1v) is 10.5. The topological polar surface area (TPSA) is 94.0 Å². The van der Waals surface area contributed by atoms with E-state index in [2.05, 4.69) is 17.0 Å². The summed E-state index contributed by atoms with van der Waals surface area (Å²) in [6.45, 7) is 1.15. The van der Waals surface area contributed by atoms with E-state index in [1.807, 2.05) is 28.4 Å². The van der Waals surface area contributed by atoms with E-state index < -0.39 is 29.8 Å². The number of hydrogen-bond donors (Lipinski definition) is 2. The van der Waals surface area contributed by atoms with Gasteiger partial charge in [0.25, 0.3) is 5.92 Å². The lowest BCUT2D eigenvalue weighted by atomic mass is 9.78. The molecule has 0 aliphatic heterocycles. The Morgan fingerprint density at radius 1 is 1.37 bits per heavy atom. The third-order valence-electron chi connectivity index (χ3n) is 6.86. The Bertz CT molecular complexity index is 1130. The van der Waals surface area contributed by atoms with Crippen LogP contribution in [0.15, 0.2) is 42.0 Å². The van der Waals surface area contributed by atoms with Crippen LogP contribution in [-0.2, 0) is 16.6 Å². The van der Waals surface area contributed by atoms with Crippen LogP contribution in [0.2, 0.25) is 0 Å². The van der Waals surface area contributed by atoms with Gasteiger partial charge < -0.3 is 10.8 Å². The van der Waals surface area contributed by atoms with Gasteiger partial charge in [-0.1, -0.05) is 31.2 Å². The fourth-order valence-electron chi connectivity index (χ4n) is 4.94. The number of rotatable bonds is 5. The predicted molar refractivity (Wildman–Crippen MR) is 107 cm³/mol. The number of carbonyl (C=O) groups is 1. The van der Waals surface area contributed by atoms with Crippen LogP contribution in [0.25, 0.3) is 5.13 Å². The summed E-state index contributed by atoms with van der Waals surface area (Å²) in [5.41, 5.74) is 6.19. The lowest BCUT2D eigenvalue weighted by Crippen LogP contribution is -2.33. The molecular formula is C21H20F2N4O2S. The van der Waals surface area contributed by atoms with Crippen LogP contribution >= 0.6 is 11.3 Å². The van der Waals surface area contributed by atoms with Gasteiger partial charge in [0.1, 0.15) is 5.41 Å². The maximum atomic E-state index is 14.4. The monoisotopic (exact) mass is 430 g/mol. The van der Waals surface area contributed by atoms with E-state index in [1.54, 1.807) is 18.3 Å². The Morgan fingerprint density at radius 3 is 2.67 bits per heavy atom. The second-order valence-corrected chi connectivity index (χ2v) is 9.11. The third-order valence-corrected chi connectivity index (χ3v) is 7.61. The smallest absolute Gasteiger partial charge is 0.273 e. The zero-order chi connectivity index (χ0) is 21.3. The molecule has 2 heterocycles. The van der Waals surface area contributed by atoms with Gasteiger partial charge in [-0.15, -0.1) is 11.3 Å². The molecule has 1 aromatic carbocycles. The number of aliphatic hydroxyl groups is 1. The Hall–Kier alpha value is -2.65. The normalized spacial score (nSPS) is 29.0. The number of thiazole rings is 1. The highest BCUT2D eigenvalue weighted by Crippen LogP contribution is 2.70. The van der Waals surface area contributed by atoms with Gasteiger partial charge in [0.15, 0.2) is 0 Å². The van der Waals surface area contributed by atoms with Crippen molar-refractivity contribution in [1.82, 2.24) is 14.8 Å². The van der Waals surface area contributed by atoms with Crippen LogP contribution in [0, 0.1) is 5.41 Å². The van der Waals surface area contributed by atoms with Gasteiger partial charge in [0.2, 0.25) is 11.0 Å². The number of alkyl halides is 2. The van der Waals surface area contributed by atoms with Crippen molar-refractivity contribution in [3.05, 3.63) is 64.4 Å². The molecule has 30 heavy (non-hydrogen) atoms. The maximum absolute atomic E-state index is 14.4. The van der Waals surface area contributed by atoms with E-state index in [0.717, 1.165) is 34.8 Å². The second kappa shape index (κ2) is 6.18. The number of aromatic nitrogens is 3. The number of fused-ring (bicyclic) bond motifs is 1. The molecule has 3 unspecified atom stereocenters.